The van der Waals surface area contributed by atoms with Crippen LogP contribution in [0.4, 0.5) is 9.93 Å². The molecular formula is C14H23N3O5SSi. The lowest BCUT2D eigenvalue weighted by molar-refractivity contribution is -0.135. The predicted molar refractivity (Wildman–Crippen MR) is 94.5 cm³/mol. The van der Waals surface area contributed by atoms with Gasteiger partial charge in [-0.15, -0.1) is 11.3 Å². The Morgan fingerprint density at radius 3 is 2.46 bits per heavy atom. The highest BCUT2D eigenvalue weighted by Gasteiger charge is 2.41. The minimum atomic E-state index is -2.35. The van der Waals surface area contributed by atoms with Crippen molar-refractivity contribution in [3.8, 4) is 0 Å². The zero-order valence-electron chi connectivity index (χ0n) is 14.7. The fourth-order valence-corrected chi connectivity index (χ4v) is 2.56. The second kappa shape index (κ2) is 7.75. The van der Waals surface area contributed by atoms with Crippen LogP contribution in [0.1, 0.15) is 33.4 Å². The number of carbonyl (C=O) groups is 2. The van der Waals surface area contributed by atoms with Gasteiger partial charge >= 0.3 is 12.1 Å². The van der Waals surface area contributed by atoms with E-state index in [0.717, 1.165) is 11.3 Å². The van der Waals surface area contributed by atoms with Gasteiger partial charge in [0.05, 0.1) is 6.61 Å². The molecule has 0 saturated heterocycles. The summed E-state index contributed by atoms with van der Waals surface area (Å²) in [7, 11) is -2.35. The fourth-order valence-electron chi connectivity index (χ4n) is 1.25. The van der Waals surface area contributed by atoms with Gasteiger partial charge in [-0.2, -0.15) is 0 Å². The molecule has 1 aromatic rings. The van der Waals surface area contributed by atoms with Gasteiger partial charge in [0.1, 0.15) is 5.69 Å². The topological polar surface area (TPSA) is 113 Å². The van der Waals surface area contributed by atoms with Crippen molar-refractivity contribution in [2.24, 2.45) is 5.16 Å². The first kappa shape index (κ1) is 20.1. The van der Waals surface area contributed by atoms with E-state index < -0.39 is 20.4 Å². The number of nitrogens with zero attached hydrogens (tertiary/aromatic N) is 2. The number of carbonyl (C=O) groups excluding carboxylic acids is 2. The average Bonchev–Trinajstić information content (AvgIpc) is 2.84. The number of esters is 1. The zero-order chi connectivity index (χ0) is 18.5. The molecule has 0 aliphatic heterocycles. The molecule has 0 spiro atoms. The van der Waals surface area contributed by atoms with Crippen LogP contribution in [0, 0.1) is 0 Å². The molecule has 2 N–H and O–H groups in total. The Kier molecular flexibility index (Phi) is 6.49. The number of hydrogen-bond donors (Lipinski definition) is 1. The third kappa shape index (κ3) is 5.30. The molecular weight excluding hydrogens is 350 g/mol. The molecule has 1 aromatic heterocycles. The standard InChI is InChI=1S/C14H23N3O5SSi/c1-7-20-11(18)10(9-8-23-12(15)16-9)17-21-13(19)22-24(5,6)14(2,3)4/h8H,7H2,1-6H3,(H2,15,16). The SMILES string of the molecule is CCOC(=O)C(=NOC(=O)O[Si](C)(C)C(C)(C)C)c1csc(N)n1. The molecule has 24 heavy (non-hydrogen) atoms. The highest BCUT2D eigenvalue weighted by Crippen LogP contribution is 2.36. The van der Waals surface area contributed by atoms with Crippen molar-refractivity contribution in [2.45, 2.75) is 45.8 Å². The number of aromatic nitrogens is 1. The van der Waals surface area contributed by atoms with Gasteiger partial charge in [-0.05, 0) is 25.1 Å². The zero-order valence-corrected chi connectivity index (χ0v) is 16.5. The Hall–Kier alpha value is -1.94. The molecule has 0 bridgehead atoms. The second-order valence-corrected chi connectivity index (χ2v) is 12.0. The van der Waals surface area contributed by atoms with Crippen LogP contribution in [0.25, 0.3) is 0 Å². The molecule has 0 radical (unpaired) electrons. The van der Waals surface area contributed by atoms with E-state index >= 15 is 0 Å². The van der Waals surface area contributed by atoms with Crippen LogP contribution in [-0.4, -0.2) is 37.7 Å². The quantitative estimate of drug-likeness (QED) is 0.277. The summed E-state index contributed by atoms with van der Waals surface area (Å²) in [4.78, 5) is 32.6. The summed E-state index contributed by atoms with van der Waals surface area (Å²) in [5, 5.41) is 5.17. The van der Waals surface area contributed by atoms with E-state index in [4.69, 9.17) is 19.7 Å². The first-order chi connectivity index (χ1) is 11.0. The number of nitrogen functional groups attached to an aromatic ring is 1. The van der Waals surface area contributed by atoms with Crippen LogP contribution in [-0.2, 0) is 18.8 Å². The lowest BCUT2D eigenvalue weighted by Gasteiger charge is -2.34. The van der Waals surface area contributed by atoms with Crippen LogP contribution in [0.5, 0.6) is 0 Å². The van der Waals surface area contributed by atoms with E-state index in [1.165, 1.54) is 5.38 Å². The third-order valence-corrected chi connectivity index (χ3v) is 8.55. The monoisotopic (exact) mass is 373 g/mol. The number of rotatable bonds is 5. The van der Waals surface area contributed by atoms with E-state index in [1.807, 2.05) is 33.9 Å². The van der Waals surface area contributed by atoms with Crippen LogP contribution in [0.2, 0.25) is 18.1 Å². The summed E-state index contributed by atoms with van der Waals surface area (Å²) in [6.45, 7) is 11.5. The average molecular weight is 374 g/mol. The summed E-state index contributed by atoms with van der Waals surface area (Å²) in [5.74, 6) is -0.761. The normalized spacial score (nSPS) is 12.7. The molecule has 0 unspecified atom stereocenters. The lowest BCUT2D eigenvalue weighted by atomic mass is 10.2. The summed E-state index contributed by atoms with van der Waals surface area (Å²) >= 11 is 1.13. The van der Waals surface area contributed by atoms with E-state index in [-0.39, 0.29) is 28.2 Å². The van der Waals surface area contributed by atoms with Crippen molar-refractivity contribution in [1.82, 2.24) is 4.98 Å². The summed E-state index contributed by atoms with van der Waals surface area (Å²) in [6.07, 6.45) is -0.966. The molecule has 1 heterocycles. The fraction of sp³-hybridized carbons (Fsp3) is 0.571. The molecule has 0 amide bonds. The third-order valence-electron chi connectivity index (χ3n) is 3.59. The van der Waals surface area contributed by atoms with Gasteiger partial charge in [-0.25, -0.2) is 14.6 Å². The Bertz CT molecular complexity index is 637. The minimum Gasteiger partial charge on any atom is -0.487 e. The van der Waals surface area contributed by atoms with Gasteiger partial charge < -0.3 is 14.9 Å². The van der Waals surface area contributed by atoms with Crippen LogP contribution >= 0.6 is 11.3 Å². The number of thiazole rings is 1. The summed E-state index contributed by atoms with van der Waals surface area (Å²) < 4.78 is 10.3. The largest absolute Gasteiger partial charge is 0.521 e. The molecule has 0 saturated carbocycles. The van der Waals surface area contributed by atoms with Crippen LogP contribution in [0.15, 0.2) is 10.5 Å². The Morgan fingerprint density at radius 1 is 1.38 bits per heavy atom. The predicted octanol–water partition coefficient (Wildman–Crippen LogP) is 3.15. The molecule has 0 atom stereocenters. The summed E-state index contributed by atoms with van der Waals surface area (Å²) in [6, 6.07) is 0. The van der Waals surface area contributed by atoms with Crippen LogP contribution < -0.4 is 5.73 Å². The van der Waals surface area contributed by atoms with E-state index in [1.54, 1.807) is 6.92 Å². The van der Waals surface area contributed by atoms with Gasteiger partial charge in [-0.3, -0.25) is 4.84 Å². The number of oxime groups is 1. The van der Waals surface area contributed by atoms with Gasteiger partial charge in [-0.1, -0.05) is 25.9 Å². The molecule has 0 aliphatic carbocycles. The smallest absolute Gasteiger partial charge is 0.487 e. The van der Waals surface area contributed by atoms with Gasteiger partial charge in [0.15, 0.2) is 5.13 Å². The Balaban J connectivity index is 2.92. The van der Waals surface area contributed by atoms with Gasteiger partial charge in [0, 0.05) is 5.38 Å². The lowest BCUT2D eigenvalue weighted by Crippen LogP contribution is -2.42. The van der Waals surface area contributed by atoms with E-state index in [0.29, 0.717) is 0 Å². The molecule has 0 aliphatic rings. The molecule has 8 nitrogen and oxygen atoms in total. The molecule has 1 rings (SSSR count). The number of nitrogens with two attached hydrogens (primary N) is 1. The highest BCUT2D eigenvalue weighted by atomic mass is 32.1. The molecule has 10 heteroatoms. The van der Waals surface area contributed by atoms with Crippen molar-refractivity contribution in [1.29, 1.82) is 0 Å². The number of anilines is 1. The first-order valence-corrected chi connectivity index (χ1v) is 11.1. The molecule has 0 aromatic carbocycles. The van der Waals surface area contributed by atoms with Crippen molar-refractivity contribution < 1.29 is 23.6 Å². The molecule has 134 valence electrons. The van der Waals surface area contributed by atoms with Crippen molar-refractivity contribution in [3.63, 3.8) is 0 Å². The Morgan fingerprint density at radius 2 is 2.00 bits per heavy atom. The number of hydrogen-bond acceptors (Lipinski definition) is 9. The van der Waals surface area contributed by atoms with Crippen molar-refractivity contribution >= 4 is 42.6 Å². The van der Waals surface area contributed by atoms with Gasteiger partial charge in [0.2, 0.25) is 5.71 Å². The first-order valence-electron chi connectivity index (χ1n) is 7.34. The maximum Gasteiger partial charge on any atom is 0.521 e. The van der Waals surface area contributed by atoms with Crippen LogP contribution in [0.3, 0.4) is 0 Å². The van der Waals surface area contributed by atoms with Crippen molar-refractivity contribution in [2.75, 3.05) is 12.3 Å². The van der Waals surface area contributed by atoms with E-state index in [2.05, 4.69) is 10.1 Å². The second-order valence-electron chi connectivity index (χ2n) is 6.44. The van der Waals surface area contributed by atoms with E-state index in [9.17, 15) is 9.59 Å². The maximum atomic E-state index is 12.0. The number of ether oxygens (including phenoxy) is 1. The van der Waals surface area contributed by atoms with Crippen molar-refractivity contribution in [3.05, 3.63) is 11.1 Å². The Labute approximate surface area is 146 Å². The maximum absolute atomic E-state index is 12.0. The summed E-state index contributed by atoms with van der Waals surface area (Å²) in [5.41, 5.74) is 5.49. The minimum absolute atomic E-state index is 0.145. The molecule has 0 fully saturated rings. The van der Waals surface area contributed by atoms with Gasteiger partial charge in [0.25, 0.3) is 8.32 Å². The highest BCUT2D eigenvalue weighted by molar-refractivity contribution is 7.13.